The van der Waals surface area contributed by atoms with Gasteiger partial charge in [-0.05, 0) is 18.1 Å². The topological polar surface area (TPSA) is 114 Å². The summed E-state index contributed by atoms with van der Waals surface area (Å²) in [4.78, 5) is 22.3. The summed E-state index contributed by atoms with van der Waals surface area (Å²) >= 11 is 0. The number of hydrogen-bond donors (Lipinski definition) is 3. The summed E-state index contributed by atoms with van der Waals surface area (Å²) in [5.41, 5.74) is 0.950. The van der Waals surface area contributed by atoms with Gasteiger partial charge in [0, 0.05) is 50.9 Å². The second kappa shape index (κ2) is 13.5. The number of carboxylic acids is 2. The highest BCUT2D eigenvalue weighted by Gasteiger charge is 2.27. The van der Waals surface area contributed by atoms with Gasteiger partial charge in [0.15, 0.2) is 0 Å². The van der Waals surface area contributed by atoms with Crippen molar-refractivity contribution < 1.29 is 37.7 Å². The van der Waals surface area contributed by atoms with Crippen LogP contribution in [0.5, 0.6) is 0 Å². The first-order valence-electron chi connectivity index (χ1n) is 9.85. The Bertz CT molecular complexity index is 829. The molecule has 0 radical (unpaired) electrons. The summed E-state index contributed by atoms with van der Waals surface area (Å²) in [6.45, 7) is 5.17. The Hall–Kier alpha value is -2.92. The van der Waals surface area contributed by atoms with Crippen LogP contribution in [-0.2, 0) is 27.3 Å². The summed E-state index contributed by atoms with van der Waals surface area (Å²) in [5.74, 6) is -0.976. The van der Waals surface area contributed by atoms with Crippen LogP contribution in [0, 0.1) is 0 Å². The van der Waals surface area contributed by atoms with Crippen LogP contribution in [0.3, 0.4) is 0 Å². The number of benzene rings is 1. The predicted octanol–water partition coefficient (Wildman–Crippen LogP) is 3.22. The van der Waals surface area contributed by atoms with Gasteiger partial charge in [0.05, 0.1) is 19.6 Å². The van der Waals surface area contributed by atoms with E-state index >= 15 is 0 Å². The van der Waals surface area contributed by atoms with Crippen molar-refractivity contribution in [3.05, 3.63) is 42.2 Å². The van der Waals surface area contributed by atoms with Crippen molar-refractivity contribution in [1.29, 1.82) is 0 Å². The highest BCUT2D eigenvalue weighted by molar-refractivity contribution is 5.63. The maximum Gasteiger partial charge on any atom is 0.393 e. The van der Waals surface area contributed by atoms with Gasteiger partial charge in [0.25, 0.3) is 11.9 Å². The number of carbonyl (C=O) groups is 2. The Morgan fingerprint density at radius 2 is 1.91 bits per heavy atom. The van der Waals surface area contributed by atoms with E-state index in [0.717, 1.165) is 40.0 Å². The van der Waals surface area contributed by atoms with Crippen LogP contribution in [0.4, 0.5) is 13.2 Å². The molecule has 2 aromatic rings. The lowest BCUT2D eigenvalue weighted by Gasteiger charge is -2.24. The summed E-state index contributed by atoms with van der Waals surface area (Å²) in [7, 11) is 0. The van der Waals surface area contributed by atoms with Gasteiger partial charge in [-0.15, -0.1) is 0 Å². The number of nitrogens with one attached hydrogen (secondary N) is 1. The molecule has 1 aliphatic rings. The first kappa shape index (κ1) is 27.1. The fraction of sp³-hybridized carbons (Fsp3) is 0.476. The third kappa shape index (κ3) is 12.1. The minimum atomic E-state index is -4.21. The quantitative estimate of drug-likeness (QED) is 0.629. The maximum atomic E-state index is 12.6. The SMILES string of the molecule is CC(=O)O.CC(=O)O.FC(F)(F)Cc1cccc(-c2nccn2CCC2COCCN2)c1. The zero-order valence-electron chi connectivity index (χ0n) is 17.9. The Balaban J connectivity index is 0.000000554. The average Bonchev–Trinajstić information content (AvgIpc) is 3.14. The largest absolute Gasteiger partial charge is 0.481 e. The number of aryl methyl sites for hydroxylation is 1. The van der Waals surface area contributed by atoms with Crippen molar-refractivity contribution in [3.8, 4) is 11.4 Å². The molecule has 1 saturated heterocycles. The number of imidazole rings is 1. The van der Waals surface area contributed by atoms with Gasteiger partial charge in [-0.25, -0.2) is 4.98 Å². The molecule has 1 aromatic carbocycles. The minimum absolute atomic E-state index is 0.247. The number of halogens is 3. The van der Waals surface area contributed by atoms with E-state index in [1.54, 1.807) is 24.4 Å². The number of ether oxygens (including phenoxy) is 1. The first-order valence-corrected chi connectivity index (χ1v) is 9.85. The molecule has 0 aliphatic carbocycles. The lowest BCUT2D eigenvalue weighted by Crippen LogP contribution is -2.41. The van der Waals surface area contributed by atoms with E-state index in [4.69, 9.17) is 24.5 Å². The predicted molar refractivity (Wildman–Crippen MR) is 111 cm³/mol. The van der Waals surface area contributed by atoms with Crippen LogP contribution >= 0.6 is 0 Å². The maximum absolute atomic E-state index is 12.6. The van der Waals surface area contributed by atoms with E-state index < -0.39 is 24.5 Å². The Kier molecular flexibility index (Phi) is 11.4. The molecule has 0 bridgehead atoms. The molecule has 1 atom stereocenters. The number of carboxylic acid groups (broad SMARTS) is 2. The molecule has 11 heteroatoms. The Labute approximate surface area is 184 Å². The molecule has 178 valence electrons. The normalized spacial score (nSPS) is 15.6. The molecule has 1 fully saturated rings. The lowest BCUT2D eigenvalue weighted by atomic mass is 10.1. The highest BCUT2D eigenvalue weighted by atomic mass is 19.4. The van der Waals surface area contributed by atoms with E-state index in [1.165, 1.54) is 6.07 Å². The highest BCUT2D eigenvalue weighted by Crippen LogP contribution is 2.25. The smallest absolute Gasteiger partial charge is 0.393 e. The van der Waals surface area contributed by atoms with Crippen LogP contribution in [0.1, 0.15) is 25.8 Å². The van der Waals surface area contributed by atoms with E-state index in [1.807, 2.05) is 10.8 Å². The number of hydrogen-bond acceptors (Lipinski definition) is 5. The molecule has 0 amide bonds. The zero-order valence-corrected chi connectivity index (χ0v) is 17.9. The molecule has 1 unspecified atom stereocenters. The van der Waals surface area contributed by atoms with Crippen molar-refractivity contribution >= 4 is 11.9 Å². The second-order valence-corrected chi connectivity index (χ2v) is 6.99. The number of rotatable bonds is 5. The van der Waals surface area contributed by atoms with E-state index in [9.17, 15) is 13.2 Å². The van der Waals surface area contributed by atoms with Crippen molar-refractivity contribution in [3.63, 3.8) is 0 Å². The molecule has 1 aliphatic heterocycles. The number of alkyl halides is 3. The number of aliphatic carboxylic acids is 2. The average molecular weight is 459 g/mol. The summed E-state index contributed by atoms with van der Waals surface area (Å²) in [5, 5.41) is 18.2. The van der Waals surface area contributed by atoms with Gasteiger partial charge >= 0.3 is 6.18 Å². The van der Waals surface area contributed by atoms with Gasteiger partial charge in [-0.3, -0.25) is 9.59 Å². The molecular weight excluding hydrogens is 431 g/mol. The lowest BCUT2D eigenvalue weighted by molar-refractivity contribution is -0.135. The van der Waals surface area contributed by atoms with Crippen LogP contribution in [0.25, 0.3) is 11.4 Å². The van der Waals surface area contributed by atoms with E-state index in [0.29, 0.717) is 24.0 Å². The molecular formula is C21H28F3N3O5. The van der Waals surface area contributed by atoms with Crippen LogP contribution in [0.2, 0.25) is 0 Å². The molecule has 1 aromatic heterocycles. The van der Waals surface area contributed by atoms with Crippen molar-refractivity contribution in [2.24, 2.45) is 0 Å². The van der Waals surface area contributed by atoms with E-state index in [-0.39, 0.29) is 5.56 Å². The fourth-order valence-corrected chi connectivity index (χ4v) is 2.90. The molecule has 3 N–H and O–H groups in total. The number of nitrogens with zero attached hydrogens (tertiary/aromatic N) is 2. The zero-order chi connectivity index (χ0) is 24.1. The van der Waals surface area contributed by atoms with Crippen molar-refractivity contribution in [1.82, 2.24) is 14.9 Å². The van der Waals surface area contributed by atoms with Gasteiger partial charge in [-0.2, -0.15) is 13.2 Å². The molecule has 32 heavy (non-hydrogen) atoms. The van der Waals surface area contributed by atoms with Gasteiger partial charge < -0.3 is 24.8 Å². The van der Waals surface area contributed by atoms with E-state index in [2.05, 4.69) is 10.3 Å². The molecule has 3 rings (SSSR count). The van der Waals surface area contributed by atoms with Gasteiger partial charge in [0.1, 0.15) is 5.82 Å². The summed E-state index contributed by atoms with van der Waals surface area (Å²) in [6.07, 6.45) is -0.719. The van der Waals surface area contributed by atoms with Crippen molar-refractivity contribution in [2.75, 3.05) is 19.8 Å². The van der Waals surface area contributed by atoms with Crippen LogP contribution in [-0.4, -0.2) is 63.7 Å². The molecule has 2 heterocycles. The number of morpholine rings is 1. The Morgan fingerprint density at radius 3 is 2.47 bits per heavy atom. The van der Waals surface area contributed by atoms with Gasteiger partial charge in [-0.1, -0.05) is 18.2 Å². The second-order valence-electron chi connectivity index (χ2n) is 6.99. The standard InChI is InChI=1S/C17H20F3N3O.2C2H4O2/c18-17(19,20)11-13-2-1-3-14(10-13)16-22-5-8-23(16)7-4-15-12-24-9-6-21-15;2*1-2(3)4/h1-3,5,8,10,15,21H,4,6-7,9,11-12H2;2*1H3,(H,3,4). The van der Waals surface area contributed by atoms with Crippen LogP contribution < -0.4 is 5.32 Å². The molecule has 8 nitrogen and oxygen atoms in total. The molecule has 0 spiro atoms. The summed E-state index contributed by atoms with van der Waals surface area (Å²) < 4.78 is 45.2. The van der Waals surface area contributed by atoms with Crippen LogP contribution in [0.15, 0.2) is 36.7 Å². The third-order valence-corrected chi connectivity index (χ3v) is 4.02. The Morgan fingerprint density at radius 1 is 1.25 bits per heavy atom. The summed E-state index contributed by atoms with van der Waals surface area (Å²) in [6, 6.07) is 6.79. The number of aromatic nitrogens is 2. The first-order chi connectivity index (χ1) is 15.0. The van der Waals surface area contributed by atoms with Gasteiger partial charge in [0.2, 0.25) is 0 Å². The fourth-order valence-electron chi connectivity index (χ4n) is 2.90. The van der Waals surface area contributed by atoms with Crippen molar-refractivity contribution in [2.45, 2.75) is 45.5 Å². The minimum Gasteiger partial charge on any atom is -0.481 e. The molecule has 0 saturated carbocycles. The monoisotopic (exact) mass is 459 g/mol. The third-order valence-electron chi connectivity index (χ3n) is 4.02.